The van der Waals surface area contributed by atoms with Crippen molar-refractivity contribution < 1.29 is 9.18 Å². The van der Waals surface area contributed by atoms with Gasteiger partial charge in [-0.1, -0.05) is 18.2 Å². The Morgan fingerprint density at radius 1 is 0.879 bits per heavy atom. The van der Waals surface area contributed by atoms with Crippen molar-refractivity contribution in [1.29, 1.82) is 0 Å². The number of para-hydroxylation sites is 1. The molecule has 33 heavy (non-hydrogen) atoms. The topological polar surface area (TPSA) is 61.3 Å². The highest BCUT2D eigenvalue weighted by atomic mass is 32.1. The second-order valence-corrected chi connectivity index (χ2v) is 8.31. The molecule has 0 unspecified atom stereocenters. The van der Waals surface area contributed by atoms with Crippen molar-refractivity contribution in [2.45, 2.75) is 0 Å². The summed E-state index contributed by atoms with van der Waals surface area (Å²) in [7, 11) is 0. The molecular weight excluding hydrogens is 439 g/mol. The van der Waals surface area contributed by atoms with Gasteiger partial charge >= 0.3 is 0 Å². The van der Waals surface area contributed by atoms with Crippen LogP contribution in [0.4, 0.5) is 10.1 Å². The molecule has 0 saturated carbocycles. The first-order valence-electron chi connectivity index (χ1n) is 10.7. The number of rotatable bonds is 3. The van der Waals surface area contributed by atoms with Gasteiger partial charge in [0, 0.05) is 37.4 Å². The maximum atomic E-state index is 13.3. The first-order chi connectivity index (χ1) is 16.0. The van der Waals surface area contributed by atoms with E-state index in [2.05, 4.69) is 22.0 Å². The van der Waals surface area contributed by atoms with Crippen LogP contribution in [0.5, 0.6) is 0 Å². The summed E-state index contributed by atoms with van der Waals surface area (Å²) in [5, 5.41) is 0.401. The van der Waals surface area contributed by atoms with Gasteiger partial charge in [0.05, 0.1) is 16.6 Å². The molecule has 3 aromatic carbocycles. The SMILES string of the molecule is O=C(c1ccc2c(=O)n(-c3ccc(F)cc3)c(=S)[nH]c2c1)N1CCN(c2ccccc2)CC1. The Hall–Kier alpha value is -3.78. The van der Waals surface area contributed by atoms with Crippen LogP contribution in [0, 0.1) is 10.6 Å². The second kappa shape index (κ2) is 8.63. The lowest BCUT2D eigenvalue weighted by atomic mass is 10.1. The summed E-state index contributed by atoms with van der Waals surface area (Å²) >= 11 is 5.39. The Labute approximate surface area is 194 Å². The van der Waals surface area contributed by atoms with E-state index in [4.69, 9.17) is 12.2 Å². The maximum absolute atomic E-state index is 13.3. The number of H-pyrrole nitrogens is 1. The highest BCUT2D eigenvalue weighted by molar-refractivity contribution is 7.71. The second-order valence-electron chi connectivity index (χ2n) is 7.92. The zero-order chi connectivity index (χ0) is 22.9. The minimum atomic E-state index is -0.393. The molecule has 1 aliphatic rings. The molecule has 5 rings (SSSR count). The van der Waals surface area contributed by atoms with Crippen LogP contribution in [0.2, 0.25) is 0 Å². The molecule has 0 atom stereocenters. The van der Waals surface area contributed by atoms with Crippen LogP contribution in [0.3, 0.4) is 0 Å². The minimum Gasteiger partial charge on any atom is -0.368 e. The Kier molecular flexibility index (Phi) is 5.51. The monoisotopic (exact) mass is 460 g/mol. The predicted molar refractivity (Wildman–Crippen MR) is 129 cm³/mol. The van der Waals surface area contributed by atoms with Crippen molar-refractivity contribution in [3.05, 3.63) is 99.3 Å². The highest BCUT2D eigenvalue weighted by Gasteiger charge is 2.23. The van der Waals surface area contributed by atoms with E-state index < -0.39 is 5.82 Å². The molecule has 0 radical (unpaired) electrons. The molecule has 1 fully saturated rings. The van der Waals surface area contributed by atoms with Gasteiger partial charge < -0.3 is 14.8 Å². The molecule has 1 N–H and O–H groups in total. The summed E-state index contributed by atoms with van der Waals surface area (Å²) in [6, 6.07) is 20.7. The molecule has 8 heteroatoms. The molecule has 166 valence electrons. The number of hydrogen-bond acceptors (Lipinski definition) is 4. The number of halogens is 1. The van der Waals surface area contributed by atoms with Crippen LogP contribution in [0.15, 0.2) is 77.6 Å². The number of amides is 1. The summed E-state index contributed by atoms with van der Waals surface area (Å²) < 4.78 is 14.8. The van der Waals surface area contributed by atoms with E-state index in [-0.39, 0.29) is 16.2 Å². The lowest BCUT2D eigenvalue weighted by molar-refractivity contribution is 0.0747. The Morgan fingerprint density at radius 3 is 2.27 bits per heavy atom. The molecular formula is C25H21FN4O2S. The van der Waals surface area contributed by atoms with Crippen molar-refractivity contribution in [3.8, 4) is 5.69 Å². The van der Waals surface area contributed by atoms with E-state index in [0.717, 1.165) is 18.8 Å². The van der Waals surface area contributed by atoms with Gasteiger partial charge in [-0.3, -0.25) is 14.2 Å². The van der Waals surface area contributed by atoms with Crippen LogP contribution < -0.4 is 10.5 Å². The number of carbonyl (C=O) groups is 1. The molecule has 0 aliphatic carbocycles. The summed E-state index contributed by atoms with van der Waals surface area (Å²) in [6.07, 6.45) is 0. The van der Waals surface area contributed by atoms with E-state index in [1.165, 1.54) is 28.8 Å². The number of anilines is 1. The van der Waals surface area contributed by atoms with Crippen molar-refractivity contribution in [1.82, 2.24) is 14.5 Å². The van der Waals surface area contributed by atoms with Crippen molar-refractivity contribution in [3.63, 3.8) is 0 Å². The van der Waals surface area contributed by atoms with Gasteiger partial charge in [0.1, 0.15) is 5.82 Å². The third-order valence-corrected chi connectivity index (χ3v) is 6.20. The molecule has 0 spiro atoms. The predicted octanol–water partition coefficient (Wildman–Crippen LogP) is 4.15. The van der Waals surface area contributed by atoms with Gasteiger partial charge in [-0.25, -0.2) is 4.39 Å². The maximum Gasteiger partial charge on any atom is 0.266 e. The fourth-order valence-electron chi connectivity index (χ4n) is 4.16. The fourth-order valence-corrected chi connectivity index (χ4v) is 4.46. The normalized spacial score (nSPS) is 14.0. The van der Waals surface area contributed by atoms with Gasteiger partial charge in [0.15, 0.2) is 4.77 Å². The van der Waals surface area contributed by atoms with Gasteiger partial charge in [-0.15, -0.1) is 0 Å². The van der Waals surface area contributed by atoms with Crippen LogP contribution in [0.25, 0.3) is 16.6 Å². The van der Waals surface area contributed by atoms with Crippen LogP contribution >= 0.6 is 12.2 Å². The average molecular weight is 461 g/mol. The Morgan fingerprint density at radius 2 is 1.58 bits per heavy atom. The van der Waals surface area contributed by atoms with Gasteiger partial charge in [0.2, 0.25) is 0 Å². The number of carbonyl (C=O) groups excluding carboxylic acids is 1. The molecule has 0 bridgehead atoms. The van der Waals surface area contributed by atoms with Gasteiger partial charge in [0.25, 0.3) is 11.5 Å². The van der Waals surface area contributed by atoms with E-state index in [1.807, 2.05) is 23.1 Å². The Bertz CT molecular complexity index is 1440. The Balaban J connectivity index is 1.40. The van der Waals surface area contributed by atoms with Crippen LogP contribution in [-0.2, 0) is 0 Å². The smallest absolute Gasteiger partial charge is 0.266 e. The van der Waals surface area contributed by atoms with Crippen molar-refractivity contribution in [2.75, 3.05) is 31.1 Å². The number of aromatic amines is 1. The molecule has 2 heterocycles. The van der Waals surface area contributed by atoms with Crippen molar-refractivity contribution in [2.24, 2.45) is 0 Å². The number of hydrogen-bond donors (Lipinski definition) is 1. The van der Waals surface area contributed by atoms with E-state index >= 15 is 0 Å². The number of benzene rings is 3. The lowest BCUT2D eigenvalue weighted by Crippen LogP contribution is -2.48. The zero-order valence-electron chi connectivity index (χ0n) is 17.7. The van der Waals surface area contributed by atoms with Gasteiger partial charge in [-0.2, -0.15) is 0 Å². The lowest BCUT2D eigenvalue weighted by Gasteiger charge is -2.36. The van der Waals surface area contributed by atoms with Crippen LogP contribution in [-0.4, -0.2) is 46.5 Å². The van der Waals surface area contributed by atoms with E-state index in [9.17, 15) is 14.0 Å². The van der Waals surface area contributed by atoms with Crippen LogP contribution in [0.1, 0.15) is 10.4 Å². The third-order valence-electron chi connectivity index (χ3n) is 5.92. The first kappa shape index (κ1) is 21.1. The minimum absolute atomic E-state index is 0.0772. The molecule has 1 aliphatic heterocycles. The third kappa shape index (κ3) is 4.05. The summed E-state index contributed by atoms with van der Waals surface area (Å²) in [6.45, 7) is 2.75. The van der Waals surface area contributed by atoms with E-state index in [0.29, 0.717) is 35.2 Å². The van der Waals surface area contributed by atoms with Gasteiger partial charge in [-0.05, 0) is 66.8 Å². The highest BCUT2D eigenvalue weighted by Crippen LogP contribution is 2.19. The average Bonchev–Trinajstić information content (AvgIpc) is 2.85. The zero-order valence-corrected chi connectivity index (χ0v) is 18.5. The number of nitrogens with zero attached hydrogens (tertiary/aromatic N) is 3. The summed E-state index contributed by atoms with van der Waals surface area (Å²) in [4.78, 5) is 33.3. The standard InChI is InChI=1S/C25H21FN4O2S/c26-18-7-9-20(10-8-18)30-24(32)21-11-6-17(16-22(21)27-25(30)33)23(31)29-14-12-28(13-15-29)19-4-2-1-3-5-19/h1-11,16H,12-15H2,(H,27,33). The summed E-state index contributed by atoms with van der Waals surface area (Å²) in [5.74, 6) is -0.470. The summed E-state index contributed by atoms with van der Waals surface area (Å²) in [5.41, 5.74) is 2.30. The fraction of sp³-hybridized carbons (Fsp3) is 0.160. The molecule has 1 saturated heterocycles. The largest absolute Gasteiger partial charge is 0.368 e. The molecule has 6 nitrogen and oxygen atoms in total. The van der Waals surface area contributed by atoms with Crippen molar-refractivity contribution >= 4 is 34.7 Å². The van der Waals surface area contributed by atoms with E-state index in [1.54, 1.807) is 18.2 Å². The number of nitrogens with one attached hydrogen (secondary N) is 1. The molecule has 1 amide bonds. The first-order valence-corrected chi connectivity index (χ1v) is 11.1. The number of aromatic nitrogens is 2. The molecule has 1 aromatic heterocycles. The number of fused-ring (bicyclic) bond motifs is 1. The number of piperazine rings is 1. The molecule has 4 aromatic rings. The quantitative estimate of drug-likeness (QED) is 0.467.